The fourth-order valence-corrected chi connectivity index (χ4v) is 1.74. The zero-order chi connectivity index (χ0) is 13.3. The van der Waals surface area contributed by atoms with E-state index in [0.29, 0.717) is 5.02 Å². The summed E-state index contributed by atoms with van der Waals surface area (Å²) >= 11 is 10.9. The molecular formula is C8H4Cl2F3NO2S. The Morgan fingerprint density at radius 1 is 1.18 bits per heavy atom. The third-order valence-corrected chi connectivity index (χ3v) is 3.24. The Bertz CT molecular complexity index is 537. The van der Waals surface area contributed by atoms with E-state index in [1.807, 2.05) is 0 Å². The number of nitrogens with zero attached hydrogens (tertiary/aromatic N) is 1. The van der Waals surface area contributed by atoms with Crippen molar-refractivity contribution in [1.29, 1.82) is 0 Å². The molecule has 3 nitrogen and oxygen atoms in total. The second kappa shape index (κ2) is 4.83. The van der Waals surface area contributed by atoms with Gasteiger partial charge in [0.05, 0.1) is 0 Å². The lowest BCUT2D eigenvalue weighted by atomic mass is 10.2. The molecule has 0 aliphatic heterocycles. The lowest BCUT2D eigenvalue weighted by molar-refractivity contribution is -0.0435. The summed E-state index contributed by atoms with van der Waals surface area (Å²) in [4.78, 5) is 0. The molecule has 0 saturated carbocycles. The minimum atomic E-state index is -5.63. The molecule has 1 aromatic rings. The van der Waals surface area contributed by atoms with Gasteiger partial charge in [0.2, 0.25) is 0 Å². The summed E-state index contributed by atoms with van der Waals surface area (Å²) < 4.78 is 59.8. The van der Waals surface area contributed by atoms with Gasteiger partial charge < -0.3 is 0 Å². The van der Waals surface area contributed by atoms with Gasteiger partial charge in [0.25, 0.3) is 0 Å². The molecule has 9 heteroatoms. The number of hydrogen-bond acceptors (Lipinski definition) is 2. The molecule has 0 heterocycles. The first-order valence-corrected chi connectivity index (χ1v) is 6.16. The van der Waals surface area contributed by atoms with Crippen LogP contribution in [0.25, 0.3) is 0 Å². The van der Waals surface area contributed by atoms with Gasteiger partial charge >= 0.3 is 15.5 Å². The van der Waals surface area contributed by atoms with Crippen molar-refractivity contribution in [2.75, 3.05) is 0 Å². The van der Waals surface area contributed by atoms with E-state index in [0.717, 1.165) is 0 Å². The van der Waals surface area contributed by atoms with Crippen molar-refractivity contribution in [3.05, 3.63) is 34.9 Å². The Morgan fingerprint density at radius 3 is 2.06 bits per heavy atom. The van der Waals surface area contributed by atoms with E-state index < -0.39 is 20.7 Å². The molecule has 0 bridgehead atoms. The maximum Gasteiger partial charge on any atom is 0.518 e. The fourth-order valence-electron chi connectivity index (χ4n) is 0.797. The van der Waals surface area contributed by atoms with Gasteiger partial charge in [0, 0.05) is 10.6 Å². The average Bonchev–Trinajstić information content (AvgIpc) is 2.16. The minimum Gasteiger partial charge on any atom is -0.195 e. The summed E-state index contributed by atoms with van der Waals surface area (Å²) in [5.41, 5.74) is -5.46. The molecule has 1 rings (SSSR count). The van der Waals surface area contributed by atoms with Gasteiger partial charge in [0.15, 0.2) is 0 Å². The van der Waals surface area contributed by atoms with Gasteiger partial charge in [-0.25, -0.2) is 0 Å². The predicted molar refractivity (Wildman–Crippen MR) is 58.8 cm³/mol. The predicted octanol–water partition coefficient (Wildman–Crippen LogP) is 3.18. The summed E-state index contributed by atoms with van der Waals surface area (Å²) in [7, 11) is -5.63. The Balaban J connectivity index is 3.14. The van der Waals surface area contributed by atoms with Crippen molar-refractivity contribution >= 4 is 38.4 Å². The zero-order valence-electron chi connectivity index (χ0n) is 7.87. The lowest BCUT2D eigenvalue weighted by Crippen LogP contribution is -2.21. The highest BCUT2D eigenvalue weighted by atomic mass is 35.5. The van der Waals surface area contributed by atoms with Crippen LogP contribution in [0.2, 0.25) is 5.02 Å². The lowest BCUT2D eigenvalue weighted by Gasteiger charge is -2.03. The normalized spacial score (nSPS) is 13.8. The molecule has 0 aliphatic rings. The second-order valence-electron chi connectivity index (χ2n) is 2.81. The molecule has 94 valence electrons. The largest absolute Gasteiger partial charge is 0.518 e. The molecular weight excluding hydrogens is 302 g/mol. The first-order valence-electron chi connectivity index (χ1n) is 3.96. The van der Waals surface area contributed by atoms with Crippen molar-refractivity contribution in [3.8, 4) is 0 Å². The highest BCUT2D eigenvalue weighted by Crippen LogP contribution is 2.26. The van der Waals surface area contributed by atoms with Gasteiger partial charge in [-0.15, -0.1) is 4.40 Å². The van der Waals surface area contributed by atoms with Crippen molar-refractivity contribution in [1.82, 2.24) is 0 Å². The number of rotatable bonds is 2. The van der Waals surface area contributed by atoms with Crippen LogP contribution in [0.4, 0.5) is 13.2 Å². The summed E-state index contributed by atoms with van der Waals surface area (Å²) in [5, 5.41) is -0.448. The Morgan fingerprint density at radius 2 is 1.65 bits per heavy atom. The average molecular weight is 306 g/mol. The van der Waals surface area contributed by atoms with E-state index in [1.54, 1.807) is 0 Å². The van der Waals surface area contributed by atoms with E-state index in [1.165, 1.54) is 24.3 Å². The number of halogens is 5. The van der Waals surface area contributed by atoms with Gasteiger partial charge in [-0.2, -0.15) is 21.6 Å². The van der Waals surface area contributed by atoms with Crippen LogP contribution in [0.3, 0.4) is 0 Å². The molecule has 0 N–H and O–H groups in total. The maximum absolute atomic E-state index is 12.0. The van der Waals surface area contributed by atoms with Crippen LogP contribution < -0.4 is 0 Å². The maximum atomic E-state index is 12.0. The van der Waals surface area contributed by atoms with Crippen molar-refractivity contribution in [2.45, 2.75) is 5.51 Å². The first-order chi connectivity index (χ1) is 7.63. The smallest absolute Gasteiger partial charge is 0.195 e. The fraction of sp³-hybridized carbons (Fsp3) is 0.125. The number of sulfonamides is 1. The van der Waals surface area contributed by atoms with E-state index in [-0.39, 0.29) is 5.56 Å². The number of benzene rings is 1. The molecule has 0 spiro atoms. The van der Waals surface area contributed by atoms with Crippen LogP contribution in [-0.2, 0) is 10.0 Å². The van der Waals surface area contributed by atoms with Crippen LogP contribution in [0.1, 0.15) is 5.56 Å². The number of alkyl halides is 3. The molecule has 0 saturated heterocycles. The van der Waals surface area contributed by atoms with Gasteiger partial charge in [-0.1, -0.05) is 35.3 Å². The SMILES string of the molecule is O=S(=O)(N=C(Cl)c1ccc(Cl)cc1)C(F)(F)F. The van der Waals surface area contributed by atoms with Gasteiger partial charge in [0.1, 0.15) is 5.17 Å². The molecule has 0 aliphatic carbocycles. The van der Waals surface area contributed by atoms with Crippen LogP contribution in [-0.4, -0.2) is 19.1 Å². The third-order valence-electron chi connectivity index (χ3n) is 1.58. The summed E-state index contributed by atoms with van der Waals surface area (Å²) in [6.07, 6.45) is 0. The van der Waals surface area contributed by atoms with E-state index in [4.69, 9.17) is 23.2 Å². The third kappa shape index (κ3) is 3.58. The monoisotopic (exact) mass is 305 g/mol. The van der Waals surface area contributed by atoms with Gasteiger partial charge in [-0.3, -0.25) is 0 Å². The van der Waals surface area contributed by atoms with E-state index >= 15 is 0 Å². The zero-order valence-corrected chi connectivity index (χ0v) is 10.2. The molecule has 0 fully saturated rings. The standard InChI is InChI=1S/C8H4Cl2F3NO2S/c9-6-3-1-5(2-4-6)7(10)14-17(15,16)8(11,12)13/h1-4H. The molecule has 17 heavy (non-hydrogen) atoms. The molecule has 0 unspecified atom stereocenters. The summed E-state index contributed by atoms with van der Waals surface area (Å²) in [6, 6.07) is 5.18. The van der Waals surface area contributed by atoms with E-state index in [9.17, 15) is 21.6 Å². The second-order valence-corrected chi connectivity index (χ2v) is 5.20. The molecule has 0 aromatic heterocycles. The number of hydrogen-bond donors (Lipinski definition) is 0. The Kier molecular flexibility index (Phi) is 4.06. The highest BCUT2D eigenvalue weighted by molar-refractivity contribution is 7.91. The molecule has 0 radical (unpaired) electrons. The van der Waals surface area contributed by atoms with E-state index in [2.05, 4.69) is 4.40 Å². The Hall–Kier alpha value is -0.790. The summed E-state index contributed by atoms with van der Waals surface area (Å²) in [6.45, 7) is 0. The van der Waals surface area contributed by atoms with Crippen LogP contribution in [0, 0.1) is 0 Å². The first kappa shape index (κ1) is 14.3. The quantitative estimate of drug-likeness (QED) is 0.788. The van der Waals surface area contributed by atoms with Crippen molar-refractivity contribution in [3.63, 3.8) is 0 Å². The summed E-state index contributed by atoms with van der Waals surface area (Å²) in [5.74, 6) is 0. The van der Waals surface area contributed by atoms with Crippen molar-refractivity contribution < 1.29 is 21.6 Å². The van der Waals surface area contributed by atoms with Crippen LogP contribution in [0.5, 0.6) is 0 Å². The molecule has 0 atom stereocenters. The van der Waals surface area contributed by atoms with Gasteiger partial charge in [-0.05, 0) is 12.1 Å². The van der Waals surface area contributed by atoms with Crippen molar-refractivity contribution in [2.24, 2.45) is 4.40 Å². The highest BCUT2D eigenvalue weighted by Gasteiger charge is 2.46. The Labute approximate surface area is 105 Å². The molecule has 1 aromatic carbocycles. The molecule has 0 amide bonds. The van der Waals surface area contributed by atoms with Crippen LogP contribution in [0.15, 0.2) is 28.7 Å². The minimum absolute atomic E-state index is 0.0175. The van der Waals surface area contributed by atoms with Crippen LogP contribution >= 0.6 is 23.2 Å². The topological polar surface area (TPSA) is 46.5 Å².